The Kier molecular flexibility index (Phi) is 9.08. The second-order valence-electron chi connectivity index (χ2n) is 5.17. The molecule has 1 unspecified atom stereocenters. The minimum absolute atomic E-state index is 0.769. The highest BCUT2D eigenvalue weighted by Crippen LogP contribution is 2.25. The van der Waals surface area contributed by atoms with Gasteiger partial charge in [0, 0.05) is 31.9 Å². The van der Waals surface area contributed by atoms with Crippen molar-refractivity contribution in [1.82, 2.24) is 15.5 Å². The lowest BCUT2D eigenvalue weighted by Crippen LogP contribution is -2.43. The number of hydrogen-bond donors (Lipinski definition) is 2. The fourth-order valence-electron chi connectivity index (χ4n) is 2.14. The van der Waals surface area contributed by atoms with Gasteiger partial charge < -0.3 is 15.5 Å². The van der Waals surface area contributed by atoms with E-state index in [2.05, 4.69) is 46.3 Å². The third-order valence-corrected chi connectivity index (χ3v) is 4.82. The maximum atomic E-state index is 4.27. The Morgan fingerprint density at radius 2 is 2.21 bits per heavy atom. The molecule has 0 amide bonds. The van der Waals surface area contributed by atoms with E-state index in [0.29, 0.717) is 0 Å². The van der Waals surface area contributed by atoms with Crippen LogP contribution in [0, 0.1) is 0 Å². The molecule has 0 aliphatic carbocycles. The molecule has 0 aromatic carbocycles. The van der Waals surface area contributed by atoms with Gasteiger partial charge in [-0.2, -0.15) is 11.8 Å². The van der Waals surface area contributed by atoms with Crippen LogP contribution in [0.15, 0.2) is 4.99 Å². The molecule has 1 atom stereocenters. The van der Waals surface area contributed by atoms with E-state index in [9.17, 15) is 0 Å². The van der Waals surface area contributed by atoms with E-state index in [1.54, 1.807) is 0 Å². The summed E-state index contributed by atoms with van der Waals surface area (Å²) in [4.78, 5) is 6.65. The Morgan fingerprint density at radius 3 is 2.84 bits per heavy atom. The molecule has 5 heteroatoms. The normalized spacial score (nSPS) is 20.0. The van der Waals surface area contributed by atoms with Crippen LogP contribution in [0.4, 0.5) is 0 Å². The first-order valence-electron chi connectivity index (χ1n) is 7.51. The van der Waals surface area contributed by atoms with Crippen molar-refractivity contribution in [2.45, 2.75) is 37.9 Å². The van der Waals surface area contributed by atoms with Gasteiger partial charge in [0.2, 0.25) is 0 Å². The van der Waals surface area contributed by atoms with Crippen LogP contribution in [0.1, 0.15) is 32.6 Å². The van der Waals surface area contributed by atoms with Crippen LogP contribution in [0.5, 0.6) is 0 Å². The van der Waals surface area contributed by atoms with Crippen molar-refractivity contribution in [3.05, 3.63) is 0 Å². The highest BCUT2D eigenvalue weighted by atomic mass is 32.2. The topological polar surface area (TPSA) is 39.7 Å². The summed E-state index contributed by atoms with van der Waals surface area (Å²) in [5, 5.41) is 7.59. The molecule has 4 nitrogen and oxygen atoms in total. The monoisotopic (exact) mass is 286 g/mol. The van der Waals surface area contributed by atoms with E-state index in [4.69, 9.17) is 0 Å². The third kappa shape index (κ3) is 7.67. The standard InChI is InChI=1S/C14H30N4S/c1-4-5-9-18(3)10-8-16-14(15-2)17-12-13-7-6-11-19-13/h13H,4-12H2,1-3H3,(H2,15,16,17). The summed E-state index contributed by atoms with van der Waals surface area (Å²) < 4.78 is 0. The first kappa shape index (κ1) is 16.6. The van der Waals surface area contributed by atoms with Gasteiger partial charge in [-0.05, 0) is 38.6 Å². The molecule has 2 N–H and O–H groups in total. The fraction of sp³-hybridized carbons (Fsp3) is 0.929. The zero-order chi connectivity index (χ0) is 13.9. The van der Waals surface area contributed by atoms with E-state index >= 15 is 0 Å². The summed E-state index contributed by atoms with van der Waals surface area (Å²) in [6, 6.07) is 0. The Bertz CT molecular complexity index is 252. The van der Waals surface area contributed by atoms with E-state index < -0.39 is 0 Å². The van der Waals surface area contributed by atoms with Crippen LogP contribution in [-0.4, -0.2) is 62.1 Å². The molecule has 19 heavy (non-hydrogen) atoms. The van der Waals surface area contributed by atoms with Crippen molar-refractivity contribution < 1.29 is 0 Å². The highest BCUT2D eigenvalue weighted by molar-refractivity contribution is 8.00. The fourth-order valence-corrected chi connectivity index (χ4v) is 3.34. The molecule has 0 aromatic heterocycles. The molecular formula is C14H30N4S. The molecular weight excluding hydrogens is 256 g/mol. The summed E-state index contributed by atoms with van der Waals surface area (Å²) >= 11 is 2.08. The van der Waals surface area contributed by atoms with Gasteiger partial charge in [-0.25, -0.2) is 0 Å². The van der Waals surface area contributed by atoms with Crippen LogP contribution < -0.4 is 10.6 Å². The van der Waals surface area contributed by atoms with Gasteiger partial charge in [-0.1, -0.05) is 13.3 Å². The van der Waals surface area contributed by atoms with Crippen LogP contribution >= 0.6 is 11.8 Å². The van der Waals surface area contributed by atoms with Crippen molar-refractivity contribution in [3.8, 4) is 0 Å². The molecule has 1 saturated heterocycles. The number of hydrogen-bond acceptors (Lipinski definition) is 3. The average molecular weight is 286 g/mol. The zero-order valence-electron chi connectivity index (χ0n) is 12.7. The van der Waals surface area contributed by atoms with Gasteiger partial charge in [0.15, 0.2) is 5.96 Å². The van der Waals surface area contributed by atoms with Crippen LogP contribution in [0.25, 0.3) is 0 Å². The molecule has 112 valence electrons. The lowest BCUT2D eigenvalue weighted by molar-refractivity contribution is 0.332. The SMILES string of the molecule is CCCCN(C)CCNC(=NC)NCC1CCCS1. The molecule has 0 aromatic rings. The lowest BCUT2D eigenvalue weighted by atomic mass is 10.2. The minimum atomic E-state index is 0.769. The number of thioether (sulfide) groups is 1. The number of nitrogens with zero attached hydrogens (tertiary/aromatic N) is 2. The van der Waals surface area contributed by atoms with Crippen molar-refractivity contribution in [1.29, 1.82) is 0 Å². The summed E-state index contributed by atoms with van der Waals surface area (Å²) in [6.07, 6.45) is 5.25. The van der Waals surface area contributed by atoms with Crippen molar-refractivity contribution in [2.24, 2.45) is 4.99 Å². The number of guanidine groups is 1. The number of rotatable bonds is 8. The van der Waals surface area contributed by atoms with Gasteiger partial charge >= 0.3 is 0 Å². The van der Waals surface area contributed by atoms with E-state index in [1.807, 2.05) is 7.05 Å². The van der Waals surface area contributed by atoms with E-state index in [0.717, 1.165) is 30.8 Å². The van der Waals surface area contributed by atoms with Gasteiger partial charge in [0.25, 0.3) is 0 Å². The third-order valence-electron chi connectivity index (χ3n) is 3.42. The van der Waals surface area contributed by atoms with Crippen molar-refractivity contribution in [3.63, 3.8) is 0 Å². The molecule has 1 rings (SSSR count). The molecule has 0 radical (unpaired) electrons. The highest BCUT2D eigenvalue weighted by Gasteiger charge is 2.15. The number of likely N-dealkylation sites (N-methyl/N-ethyl adjacent to an activating group) is 1. The summed E-state index contributed by atoms with van der Waals surface area (Å²) in [7, 11) is 4.03. The second kappa shape index (κ2) is 10.4. The van der Waals surface area contributed by atoms with Crippen LogP contribution in [0.2, 0.25) is 0 Å². The second-order valence-corrected chi connectivity index (χ2v) is 6.58. The van der Waals surface area contributed by atoms with Crippen LogP contribution in [0.3, 0.4) is 0 Å². The first-order valence-corrected chi connectivity index (χ1v) is 8.55. The summed E-state index contributed by atoms with van der Waals surface area (Å²) in [5.41, 5.74) is 0. The molecule has 0 bridgehead atoms. The number of nitrogens with one attached hydrogen (secondary N) is 2. The molecule has 0 saturated carbocycles. The Labute approximate surface area is 122 Å². The minimum Gasteiger partial charge on any atom is -0.355 e. The first-order chi connectivity index (χ1) is 9.26. The predicted molar refractivity (Wildman–Crippen MR) is 87.2 cm³/mol. The molecule has 0 spiro atoms. The van der Waals surface area contributed by atoms with Gasteiger partial charge in [0.1, 0.15) is 0 Å². The largest absolute Gasteiger partial charge is 0.355 e. The lowest BCUT2D eigenvalue weighted by Gasteiger charge is -2.18. The maximum Gasteiger partial charge on any atom is 0.191 e. The predicted octanol–water partition coefficient (Wildman–Crippen LogP) is 1.78. The Hall–Kier alpha value is -0.420. The molecule has 1 heterocycles. The van der Waals surface area contributed by atoms with Crippen molar-refractivity contribution >= 4 is 17.7 Å². The zero-order valence-corrected chi connectivity index (χ0v) is 13.6. The Balaban J connectivity index is 2.07. The molecule has 1 fully saturated rings. The number of unbranched alkanes of at least 4 members (excludes halogenated alkanes) is 1. The average Bonchev–Trinajstić information content (AvgIpc) is 2.93. The van der Waals surface area contributed by atoms with Gasteiger partial charge in [-0.15, -0.1) is 0 Å². The van der Waals surface area contributed by atoms with Crippen molar-refractivity contribution in [2.75, 3.05) is 46.0 Å². The smallest absolute Gasteiger partial charge is 0.191 e. The molecule has 1 aliphatic heterocycles. The van der Waals surface area contributed by atoms with Gasteiger partial charge in [0.05, 0.1) is 0 Å². The quantitative estimate of drug-likeness (QED) is 0.527. The maximum absolute atomic E-state index is 4.27. The van der Waals surface area contributed by atoms with Crippen LogP contribution in [-0.2, 0) is 0 Å². The van der Waals surface area contributed by atoms with Gasteiger partial charge in [-0.3, -0.25) is 4.99 Å². The molecule has 1 aliphatic rings. The number of aliphatic imine (C=N–C) groups is 1. The van der Waals surface area contributed by atoms with E-state index in [1.165, 1.54) is 38.0 Å². The summed E-state index contributed by atoms with van der Waals surface area (Å²) in [5.74, 6) is 2.26. The summed E-state index contributed by atoms with van der Waals surface area (Å²) in [6.45, 7) is 6.48. The Morgan fingerprint density at radius 1 is 1.37 bits per heavy atom. The van der Waals surface area contributed by atoms with E-state index in [-0.39, 0.29) is 0 Å².